The van der Waals surface area contributed by atoms with Gasteiger partial charge in [-0.25, -0.2) is 4.57 Å². The quantitative estimate of drug-likeness (QED) is 0.0205. The average molecular weight is 1200 g/mol. The Labute approximate surface area is 523 Å². The molecule has 9 nitrogen and oxygen atoms in total. The number of carbonyl (C=O) groups excluding carboxylic acids is 2. The zero-order valence-electron chi connectivity index (χ0n) is 56.9. The molecule has 496 valence electrons. The van der Waals surface area contributed by atoms with Gasteiger partial charge in [-0.3, -0.25) is 18.6 Å². The van der Waals surface area contributed by atoms with Crippen LogP contribution in [0.2, 0.25) is 0 Å². The summed E-state index contributed by atoms with van der Waals surface area (Å²) >= 11 is 0. The van der Waals surface area contributed by atoms with E-state index in [2.05, 4.69) is 50.4 Å². The Morgan fingerprint density at radius 1 is 0.405 bits per heavy atom. The number of allylic oxidation sites excluding steroid dienone is 5. The third-order valence-corrected chi connectivity index (χ3v) is 17.8. The van der Waals surface area contributed by atoms with Gasteiger partial charge in [0, 0.05) is 12.8 Å². The van der Waals surface area contributed by atoms with Gasteiger partial charge in [-0.05, 0) is 83.1 Å². The maximum Gasteiger partial charge on any atom is 0.472 e. The third kappa shape index (κ3) is 64.7. The Morgan fingerprint density at radius 2 is 0.690 bits per heavy atom. The van der Waals surface area contributed by atoms with Crippen LogP contribution in [0.4, 0.5) is 0 Å². The zero-order valence-corrected chi connectivity index (χ0v) is 57.8. The second kappa shape index (κ2) is 64.2. The number of unbranched alkanes of at least 4 members (excludes halogenated alkanes) is 48. The predicted octanol–water partition coefficient (Wildman–Crippen LogP) is 23.4. The van der Waals surface area contributed by atoms with Crippen molar-refractivity contribution in [3.8, 4) is 0 Å². The molecule has 2 N–H and O–H groups in total. The van der Waals surface area contributed by atoms with E-state index in [1.807, 2.05) is 33.3 Å². The van der Waals surface area contributed by atoms with E-state index in [1.165, 1.54) is 283 Å². The van der Waals surface area contributed by atoms with Gasteiger partial charge < -0.3 is 19.4 Å². The summed E-state index contributed by atoms with van der Waals surface area (Å²) in [6.45, 7) is 7.07. The first-order chi connectivity index (χ1) is 40.9. The molecule has 1 amide bonds. The number of amides is 1. The smallest absolute Gasteiger partial charge is 0.456 e. The number of hydrogen-bond donors (Lipinski definition) is 2. The zero-order chi connectivity index (χ0) is 61.4. The molecule has 3 atom stereocenters. The SMILES string of the molecule is CCCCCCCC/C=C/CCCCCCCCCCCCCCCCCC(=O)NC(COP(=O)(O)OCC[N+](C)(C)C)C(/C=C\CCCCCCCCCCCC)OC(=O)CCCCCCCCCCCCC/C=C/CCCCCCCC. The van der Waals surface area contributed by atoms with Crippen LogP contribution in [-0.4, -0.2) is 74.3 Å². The van der Waals surface area contributed by atoms with Crippen molar-refractivity contribution >= 4 is 19.7 Å². The van der Waals surface area contributed by atoms with Gasteiger partial charge in [-0.1, -0.05) is 314 Å². The lowest BCUT2D eigenvalue weighted by atomic mass is 10.0. The molecule has 0 aliphatic rings. The standard InChI is InChI=1S/C74H143N2O7P/c1-7-10-13-16-19-22-25-28-30-32-34-36-37-38-39-41-42-44-46-48-51-54-57-60-63-66-73(77)75-71(70-82-84(79,80)81-69-68-76(4,5)6)72(65-62-59-56-53-50-27-24-21-18-15-12-9-3)83-74(78)67-64-61-58-55-52-49-47-45-43-40-35-33-31-29-26-23-20-17-14-11-8-2/h28-31,62,65,71-72H,7-27,32-61,63-64,66-70H2,1-6H3,(H-,75,77,79,80)/p+1/b30-28+,31-29+,65-62-. The van der Waals surface area contributed by atoms with E-state index in [4.69, 9.17) is 13.8 Å². The van der Waals surface area contributed by atoms with Crippen molar-refractivity contribution in [2.45, 2.75) is 386 Å². The van der Waals surface area contributed by atoms with Crippen LogP contribution >= 0.6 is 7.82 Å². The van der Waals surface area contributed by atoms with Crippen LogP contribution in [0.3, 0.4) is 0 Å². The summed E-state index contributed by atoms with van der Waals surface area (Å²) in [5.41, 5.74) is 0. The van der Waals surface area contributed by atoms with Gasteiger partial charge in [0.25, 0.3) is 0 Å². The van der Waals surface area contributed by atoms with Gasteiger partial charge in [0.15, 0.2) is 0 Å². The number of likely N-dealkylation sites (N-methyl/N-ethyl adjacent to an activating group) is 1. The minimum Gasteiger partial charge on any atom is -0.456 e. The number of carbonyl (C=O) groups is 2. The molecule has 84 heavy (non-hydrogen) atoms. The highest BCUT2D eigenvalue weighted by atomic mass is 31.2. The molecule has 0 bridgehead atoms. The lowest BCUT2D eigenvalue weighted by Crippen LogP contribution is -2.47. The van der Waals surface area contributed by atoms with Crippen molar-refractivity contribution in [1.82, 2.24) is 5.32 Å². The molecule has 0 fully saturated rings. The number of phosphoric acid groups is 1. The molecule has 0 aliphatic heterocycles. The Morgan fingerprint density at radius 3 is 1.01 bits per heavy atom. The largest absolute Gasteiger partial charge is 0.472 e. The van der Waals surface area contributed by atoms with Crippen LogP contribution in [0.15, 0.2) is 36.5 Å². The van der Waals surface area contributed by atoms with Crippen molar-refractivity contribution in [2.75, 3.05) is 40.9 Å². The Bertz CT molecular complexity index is 1530. The van der Waals surface area contributed by atoms with E-state index in [9.17, 15) is 19.0 Å². The van der Waals surface area contributed by atoms with E-state index in [0.717, 1.165) is 57.8 Å². The molecule has 10 heteroatoms. The fourth-order valence-corrected chi connectivity index (χ4v) is 11.8. The molecule has 0 aliphatic carbocycles. The molecule has 0 saturated heterocycles. The Hall–Kier alpha value is -1.77. The van der Waals surface area contributed by atoms with E-state index >= 15 is 0 Å². The fourth-order valence-electron chi connectivity index (χ4n) is 11.1. The summed E-state index contributed by atoms with van der Waals surface area (Å²) in [7, 11) is 1.51. The maximum atomic E-state index is 13.6. The molecule has 0 radical (unpaired) electrons. The summed E-state index contributed by atoms with van der Waals surface area (Å²) in [6.07, 6.45) is 80.2. The highest BCUT2D eigenvalue weighted by Crippen LogP contribution is 2.43. The molecule has 0 spiro atoms. The van der Waals surface area contributed by atoms with Crippen LogP contribution in [0, 0.1) is 0 Å². The van der Waals surface area contributed by atoms with Crippen LogP contribution in [0.25, 0.3) is 0 Å². The highest BCUT2D eigenvalue weighted by molar-refractivity contribution is 7.47. The van der Waals surface area contributed by atoms with Crippen molar-refractivity contribution in [3.63, 3.8) is 0 Å². The topological polar surface area (TPSA) is 111 Å². The van der Waals surface area contributed by atoms with Crippen molar-refractivity contribution in [2.24, 2.45) is 0 Å². The summed E-state index contributed by atoms with van der Waals surface area (Å²) in [6, 6.07) is -0.846. The minimum absolute atomic E-state index is 0.0430. The molecular weight excluding hydrogens is 1060 g/mol. The number of esters is 1. The molecule has 0 aromatic rings. The number of nitrogens with one attached hydrogen (secondary N) is 1. The third-order valence-electron chi connectivity index (χ3n) is 16.8. The highest BCUT2D eigenvalue weighted by Gasteiger charge is 2.30. The van der Waals surface area contributed by atoms with E-state index in [1.54, 1.807) is 0 Å². The van der Waals surface area contributed by atoms with Gasteiger partial charge in [0.2, 0.25) is 5.91 Å². The fraction of sp³-hybridized carbons (Fsp3) is 0.892. The van der Waals surface area contributed by atoms with Gasteiger partial charge in [0.1, 0.15) is 19.3 Å². The lowest BCUT2D eigenvalue weighted by Gasteiger charge is -2.27. The van der Waals surface area contributed by atoms with Crippen LogP contribution in [0.1, 0.15) is 374 Å². The Balaban J connectivity index is 5.00. The van der Waals surface area contributed by atoms with E-state index < -0.39 is 20.0 Å². The van der Waals surface area contributed by atoms with Gasteiger partial charge in [-0.15, -0.1) is 0 Å². The number of quaternary nitrogens is 1. The Kier molecular flexibility index (Phi) is 62.9. The van der Waals surface area contributed by atoms with E-state index in [-0.39, 0.29) is 25.1 Å². The lowest BCUT2D eigenvalue weighted by molar-refractivity contribution is -0.870. The van der Waals surface area contributed by atoms with Crippen molar-refractivity contribution in [3.05, 3.63) is 36.5 Å². The van der Waals surface area contributed by atoms with Crippen LogP contribution in [-0.2, 0) is 27.9 Å². The molecule has 0 heterocycles. The summed E-state index contributed by atoms with van der Waals surface area (Å²) in [5, 5.41) is 3.08. The van der Waals surface area contributed by atoms with Crippen LogP contribution in [0.5, 0.6) is 0 Å². The van der Waals surface area contributed by atoms with Crippen LogP contribution < -0.4 is 5.32 Å². The number of phosphoric ester groups is 1. The molecule has 0 aromatic heterocycles. The average Bonchev–Trinajstić information content (AvgIpc) is 3.64. The first-order valence-corrected chi connectivity index (χ1v) is 38.3. The molecule has 0 saturated carbocycles. The number of rotatable bonds is 68. The predicted molar refractivity (Wildman–Crippen MR) is 365 cm³/mol. The van der Waals surface area contributed by atoms with E-state index in [0.29, 0.717) is 23.9 Å². The van der Waals surface area contributed by atoms with Crippen molar-refractivity contribution < 1.29 is 37.3 Å². The second-order valence-corrected chi connectivity index (χ2v) is 27.9. The number of nitrogens with zero attached hydrogens (tertiary/aromatic N) is 1. The van der Waals surface area contributed by atoms with Gasteiger partial charge in [-0.2, -0.15) is 0 Å². The normalized spacial score (nSPS) is 13.7. The van der Waals surface area contributed by atoms with Crippen molar-refractivity contribution in [1.29, 1.82) is 0 Å². The number of hydrogen-bond acceptors (Lipinski definition) is 6. The summed E-state index contributed by atoms with van der Waals surface area (Å²) < 4.78 is 30.9. The molecule has 0 aromatic carbocycles. The monoisotopic (exact) mass is 1200 g/mol. The first kappa shape index (κ1) is 82.2. The summed E-state index contributed by atoms with van der Waals surface area (Å²) in [5.74, 6) is -0.486. The molecule has 3 unspecified atom stereocenters. The second-order valence-electron chi connectivity index (χ2n) is 26.5. The molecule has 0 rings (SSSR count). The number of ether oxygens (including phenoxy) is 1. The first-order valence-electron chi connectivity index (χ1n) is 36.8. The van der Waals surface area contributed by atoms with Gasteiger partial charge in [0.05, 0.1) is 33.8 Å². The van der Waals surface area contributed by atoms with Gasteiger partial charge >= 0.3 is 13.8 Å². The maximum absolute atomic E-state index is 13.6. The minimum atomic E-state index is -4.45. The summed E-state index contributed by atoms with van der Waals surface area (Å²) in [4.78, 5) is 37.9. The molecular formula is C74H144N2O7P+.